The zero-order valence-electron chi connectivity index (χ0n) is 10.3. The van der Waals surface area contributed by atoms with Crippen LogP contribution in [0.1, 0.15) is 10.4 Å². The molecule has 8 heteroatoms. The molecule has 0 aliphatic heterocycles. The summed E-state index contributed by atoms with van der Waals surface area (Å²) in [5.41, 5.74) is -0.0251. The Morgan fingerprint density at radius 1 is 1.42 bits per heavy atom. The van der Waals surface area contributed by atoms with Crippen LogP contribution in [0.15, 0.2) is 18.3 Å². The highest BCUT2D eigenvalue weighted by Gasteiger charge is 2.29. The molecule has 0 aromatic carbocycles. The second-order valence-corrected chi connectivity index (χ2v) is 3.62. The van der Waals surface area contributed by atoms with Crippen LogP contribution in [0.4, 0.5) is 13.2 Å². The summed E-state index contributed by atoms with van der Waals surface area (Å²) >= 11 is 0. The first-order valence-corrected chi connectivity index (χ1v) is 5.51. The number of amides is 1. The van der Waals surface area contributed by atoms with Crippen LogP contribution in [0.25, 0.3) is 0 Å². The van der Waals surface area contributed by atoms with E-state index in [1.807, 2.05) is 0 Å². The molecule has 5 nitrogen and oxygen atoms in total. The number of pyridine rings is 1. The molecule has 0 aliphatic carbocycles. The van der Waals surface area contributed by atoms with Crippen molar-refractivity contribution in [2.24, 2.45) is 0 Å². The molecule has 106 valence electrons. The smallest absolute Gasteiger partial charge is 0.422 e. The standard InChI is InChI=1S/C11H14F3N3O2/c1-15-5-6-16-9(18)8-3-2-4-17-10(8)19-7-11(12,13)14/h2-4,15H,5-7H2,1H3,(H,16,18). The quantitative estimate of drug-likeness (QED) is 0.761. The first kappa shape index (κ1) is 15.2. The summed E-state index contributed by atoms with van der Waals surface area (Å²) in [4.78, 5) is 15.4. The van der Waals surface area contributed by atoms with Crippen LogP contribution in [-0.4, -0.2) is 43.8 Å². The number of carbonyl (C=O) groups excluding carboxylic acids is 1. The second-order valence-electron chi connectivity index (χ2n) is 3.62. The van der Waals surface area contributed by atoms with E-state index in [9.17, 15) is 18.0 Å². The minimum Gasteiger partial charge on any atom is -0.467 e. The summed E-state index contributed by atoms with van der Waals surface area (Å²) in [6, 6.07) is 2.81. The Bertz CT molecular complexity index is 424. The van der Waals surface area contributed by atoms with Crippen molar-refractivity contribution >= 4 is 5.91 Å². The molecule has 1 amide bonds. The highest BCUT2D eigenvalue weighted by molar-refractivity contribution is 5.96. The average Bonchev–Trinajstić information content (AvgIpc) is 2.36. The Kier molecular flexibility index (Phi) is 5.56. The maximum atomic E-state index is 12.1. The maximum absolute atomic E-state index is 12.1. The molecule has 0 bridgehead atoms. The lowest BCUT2D eigenvalue weighted by Gasteiger charge is -2.11. The molecule has 19 heavy (non-hydrogen) atoms. The lowest BCUT2D eigenvalue weighted by atomic mass is 10.2. The van der Waals surface area contributed by atoms with E-state index in [1.54, 1.807) is 7.05 Å². The van der Waals surface area contributed by atoms with Gasteiger partial charge in [-0.2, -0.15) is 13.2 Å². The molecule has 2 N–H and O–H groups in total. The third kappa shape index (κ3) is 5.56. The lowest BCUT2D eigenvalue weighted by molar-refractivity contribution is -0.154. The second kappa shape index (κ2) is 6.93. The van der Waals surface area contributed by atoms with Crippen molar-refractivity contribution in [2.75, 3.05) is 26.7 Å². The Hall–Kier alpha value is -1.83. The number of hydrogen-bond donors (Lipinski definition) is 2. The van der Waals surface area contributed by atoms with Crippen LogP contribution in [-0.2, 0) is 0 Å². The van der Waals surface area contributed by atoms with Gasteiger partial charge in [-0.1, -0.05) is 0 Å². The van der Waals surface area contributed by atoms with Gasteiger partial charge in [0.15, 0.2) is 6.61 Å². The molecular formula is C11H14F3N3O2. The molecule has 0 saturated carbocycles. The van der Waals surface area contributed by atoms with Gasteiger partial charge in [0.05, 0.1) is 0 Å². The van der Waals surface area contributed by atoms with Gasteiger partial charge in [-0.15, -0.1) is 0 Å². The fourth-order valence-corrected chi connectivity index (χ4v) is 1.23. The highest BCUT2D eigenvalue weighted by Crippen LogP contribution is 2.19. The van der Waals surface area contributed by atoms with Gasteiger partial charge in [0.1, 0.15) is 5.56 Å². The third-order valence-corrected chi connectivity index (χ3v) is 2.05. The Labute approximate surface area is 108 Å². The molecule has 1 heterocycles. The number of hydrogen-bond acceptors (Lipinski definition) is 4. The van der Waals surface area contributed by atoms with Gasteiger partial charge in [0, 0.05) is 19.3 Å². The molecule has 1 aromatic heterocycles. The van der Waals surface area contributed by atoms with Crippen molar-refractivity contribution < 1.29 is 22.7 Å². The highest BCUT2D eigenvalue weighted by atomic mass is 19.4. The molecule has 0 fully saturated rings. The zero-order valence-corrected chi connectivity index (χ0v) is 10.3. The Morgan fingerprint density at radius 2 is 2.16 bits per heavy atom. The van der Waals surface area contributed by atoms with Gasteiger partial charge in [0.25, 0.3) is 5.91 Å². The Balaban J connectivity index is 2.69. The third-order valence-electron chi connectivity index (χ3n) is 2.05. The van der Waals surface area contributed by atoms with Gasteiger partial charge in [0.2, 0.25) is 5.88 Å². The van der Waals surface area contributed by atoms with Crippen LogP contribution in [0.2, 0.25) is 0 Å². The van der Waals surface area contributed by atoms with E-state index >= 15 is 0 Å². The summed E-state index contributed by atoms with van der Waals surface area (Å²) in [6.45, 7) is -0.589. The van der Waals surface area contributed by atoms with Crippen molar-refractivity contribution in [3.8, 4) is 5.88 Å². The molecule has 1 rings (SSSR count). The normalized spacial score (nSPS) is 11.2. The van der Waals surface area contributed by atoms with Crippen LogP contribution in [0.5, 0.6) is 5.88 Å². The number of rotatable bonds is 6. The van der Waals surface area contributed by atoms with E-state index in [0.29, 0.717) is 13.1 Å². The van der Waals surface area contributed by atoms with Gasteiger partial charge < -0.3 is 15.4 Å². The molecule has 0 spiro atoms. The SMILES string of the molecule is CNCCNC(=O)c1cccnc1OCC(F)(F)F. The van der Waals surface area contributed by atoms with E-state index < -0.39 is 18.7 Å². The zero-order chi connectivity index (χ0) is 14.3. The molecule has 0 atom stereocenters. The van der Waals surface area contributed by atoms with Crippen LogP contribution in [0.3, 0.4) is 0 Å². The van der Waals surface area contributed by atoms with E-state index in [2.05, 4.69) is 20.4 Å². The summed E-state index contributed by atoms with van der Waals surface area (Å²) < 4.78 is 40.7. The van der Waals surface area contributed by atoms with Crippen LogP contribution < -0.4 is 15.4 Å². The number of nitrogens with zero attached hydrogens (tertiary/aromatic N) is 1. The van der Waals surface area contributed by atoms with Crippen LogP contribution in [0, 0.1) is 0 Å². The number of nitrogens with one attached hydrogen (secondary N) is 2. The fraction of sp³-hybridized carbons (Fsp3) is 0.455. The van der Waals surface area contributed by atoms with E-state index in [-0.39, 0.29) is 11.4 Å². The fourth-order valence-electron chi connectivity index (χ4n) is 1.23. The first-order valence-electron chi connectivity index (χ1n) is 5.51. The van der Waals surface area contributed by atoms with E-state index in [0.717, 1.165) is 0 Å². The summed E-state index contributed by atoms with van der Waals surface area (Å²) in [5.74, 6) is -0.859. The minimum absolute atomic E-state index is 0.0251. The molecule has 0 saturated heterocycles. The van der Waals surface area contributed by atoms with Crippen molar-refractivity contribution in [1.29, 1.82) is 0 Å². The Morgan fingerprint density at radius 3 is 2.79 bits per heavy atom. The molecule has 1 aromatic rings. The molecule has 0 aliphatic rings. The summed E-state index contributed by atoms with van der Waals surface area (Å²) in [5, 5.41) is 5.36. The lowest BCUT2D eigenvalue weighted by Crippen LogP contribution is -2.31. The number of ether oxygens (including phenoxy) is 1. The first-order chi connectivity index (χ1) is 8.94. The average molecular weight is 277 g/mol. The topological polar surface area (TPSA) is 63.2 Å². The summed E-state index contributed by atoms with van der Waals surface area (Å²) in [6.07, 6.45) is -3.21. The predicted molar refractivity (Wildman–Crippen MR) is 62.0 cm³/mol. The molecule has 0 unspecified atom stereocenters. The van der Waals surface area contributed by atoms with Gasteiger partial charge in [-0.25, -0.2) is 4.98 Å². The van der Waals surface area contributed by atoms with Crippen LogP contribution >= 0.6 is 0 Å². The van der Waals surface area contributed by atoms with Gasteiger partial charge >= 0.3 is 6.18 Å². The minimum atomic E-state index is -4.47. The van der Waals surface area contributed by atoms with Crippen molar-refractivity contribution in [2.45, 2.75) is 6.18 Å². The monoisotopic (exact) mass is 277 g/mol. The predicted octanol–water partition coefficient (Wildman–Crippen LogP) is 0.972. The van der Waals surface area contributed by atoms with Crippen molar-refractivity contribution in [3.63, 3.8) is 0 Å². The molecule has 0 radical (unpaired) electrons. The van der Waals surface area contributed by atoms with Gasteiger partial charge in [-0.05, 0) is 19.2 Å². The van der Waals surface area contributed by atoms with Crippen molar-refractivity contribution in [1.82, 2.24) is 15.6 Å². The largest absolute Gasteiger partial charge is 0.467 e. The molecular weight excluding hydrogens is 263 g/mol. The van der Waals surface area contributed by atoms with Gasteiger partial charge in [-0.3, -0.25) is 4.79 Å². The number of aromatic nitrogens is 1. The number of carbonyl (C=O) groups is 1. The number of alkyl halides is 3. The van der Waals surface area contributed by atoms with E-state index in [1.165, 1.54) is 18.3 Å². The van der Waals surface area contributed by atoms with E-state index in [4.69, 9.17) is 0 Å². The summed E-state index contributed by atoms with van der Waals surface area (Å²) in [7, 11) is 1.72. The maximum Gasteiger partial charge on any atom is 0.422 e. The number of likely N-dealkylation sites (N-methyl/N-ethyl adjacent to an activating group) is 1. The number of halogens is 3. The van der Waals surface area contributed by atoms with Crippen molar-refractivity contribution in [3.05, 3.63) is 23.9 Å².